The van der Waals surface area contributed by atoms with E-state index in [4.69, 9.17) is 11.6 Å². The fraction of sp³-hybridized carbons (Fsp3) is 0.417. The van der Waals surface area contributed by atoms with Crippen molar-refractivity contribution in [2.45, 2.75) is 64.2 Å². The number of halogens is 1. The fourth-order valence-corrected chi connectivity index (χ4v) is 4.00. The van der Waals surface area contributed by atoms with Crippen molar-refractivity contribution in [3.8, 4) is 0 Å². The van der Waals surface area contributed by atoms with Crippen molar-refractivity contribution in [1.29, 1.82) is 0 Å². The lowest BCUT2D eigenvalue weighted by atomic mass is 9.98. The van der Waals surface area contributed by atoms with Gasteiger partial charge in [-0.05, 0) is 51.3 Å². The van der Waals surface area contributed by atoms with E-state index in [0.717, 1.165) is 30.3 Å². The van der Waals surface area contributed by atoms with Crippen LogP contribution in [0, 0.1) is 0 Å². The molecule has 0 unspecified atom stereocenters. The van der Waals surface area contributed by atoms with E-state index >= 15 is 0 Å². The average molecular weight is 454 g/mol. The van der Waals surface area contributed by atoms with Gasteiger partial charge in [-0.2, -0.15) is 0 Å². The summed E-state index contributed by atoms with van der Waals surface area (Å²) in [5.74, 6) is -0.411. The number of aromatic nitrogens is 3. The maximum Gasteiger partial charge on any atom is 0.247 e. The molecule has 4 rings (SSSR count). The van der Waals surface area contributed by atoms with Crippen molar-refractivity contribution >= 4 is 34.4 Å². The summed E-state index contributed by atoms with van der Waals surface area (Å²) in [6, 6.07) is 13.9. The lowest BCUT2D eigenvalue weighted by molar-refractivity contribution is -0.143. The second-order valence-electron chi connectivity index (χ2n) is 8.92. The topological polar surface area (TPSA) is 80.1 Å². The third-order valence-corrected chi connectivity index (χ3v) is 6.35. The van der Waals surface area contributed by atoms with Gasteiger partial charge in [-0.25, -0.2) is 4.68 Å². The van der Waals surface area contributed by atoms with Gasteiger partial charge in [0.05, 0.1) is 5.52 Å². The zero-order valence-corrected chi connectivity index (χ0v) is 19.3. The van der Waals surface area contributed by atoms with Crippen molar-refractivity contribution in [3.05, 3.63) is 59.1 Å². The maximum atomic E-state index is 13.6. The molecule has 168 valence electrons. The van der Waals surface area contributed by atoms with Crippen molar-refractivity contribution in [2.75, 3.05) is 0 Å². The van der Waals surface area contributed by atoms with Crippen LogP contribution in [0.2, 0.25) is 5.02 Å². The van der Waals surface area contributed by atoms with E-state index in [1.54, 1.807) is 15.6 Å². The van der Waals surface area contributed by atoms with Crippen LogP contribution in [0.4, 0.5) is 0 Å². The Morgan fingerprint density at radius 2 is 1.88 bits per heavy atom. The number of rotatable bonds is 8. The standard InChI is InChI=1S/C24H28ClN5O2/c1-4-24(2,3)26-23(32)22(17-9-5-6-10-18(17)25)30(16-13-14-16)21(31)15-29-20-12-8-7-11-19(20)27-28-29/h5-12,16,22H,4,13-15H2,1-3H3,(H,26,32)/t22-/m1/s1. The van der Waals surface area contributed by atoms with Gasteiger partial charge in [-0.15, -0.1) is 5.10 Å². The number of nitrogens with one attached hydrogen (secondary N) is 1. The predicted molar refractivity (Wildman–Crippen MR) is 124 cm³/mol. The first-order valence-corrected chi connectivity index (χ1v) is 11.3. The summed E-state index contributed by atoms with van der Waals surface area (Å²) >= 11 is 6.52. The minimum atomic E-state index is -0.815. The average Bonchev–Trinajstić information content (AvgIpc) is 3.53. The summed E-state index contributed by atoms with van der Waals surface area (Å²) in [6.07, 6.45) is 2.47. The molecule has 1 fully saturated rings. The zero-order chi connectivity index (χ0) is 22.9. The van der Waals surface area contributed by atoms with Crippen LogP contribution < -0.4 is 5.32 Å². The first-order chi connectivity index (χ1) is 15.3. The van der Waals surface area contributed by atoms with Gasteiger partial charge in [0, 0.05) is 22.2 Å². The highest BCUT2D eigenvalue weighted by Crippen LogP contribution is 2.37. The monoisotopic (exact) mass is 453 g/mol. The molecule has 0 aliphatic heterocycles. The predicted octanol–water partition coefficient (Wildman–Crippen LogP) is 4.12. The number of hydrogen-bond acceptors (Lipinski definition) is 4. The molecule has 1 aliphatic carbocycles. The first-order valence-electron chi connectivity index (χ1n) is 11.0. The number of para-hydroxylation sites is 1. The molecule has 2 aromatic carbocycles. The Hall–Kier alpha value is -2.93. The first kappa shape index (κ1) is 22.3. The molecule has 0 bridgehead atoms. The molecule has 0 radical (unpaired) electrons. The molecule has 8 heteroatoms. The molecule has 2 amide bonds. The van der Waals surface area contributed by atoms with Crippen LogP contribution >= 0.6 is 11.6 Å². The largest absolute Gasteiger partial charge is 0.349 e. The van der Waals surface area contributed by atoms with Gasteiger partial charge in [-0.3, -0.25) is 9.59 Å². The van der Waals surface area contributed by atoms with Crippen molar-refractivity contribution in [2.24, 2.45) is 0 Å². The molecule has 1 heterocycles. The Labute approximate surface area is 192 Å². The highest BCUT2D eigenvalue weighted by molar-refractivity contribution is 6.31. The van der Waals surface area contributed by atoms with Crippen molar-refractivity contribution < 1.29 is 9.59 Å². The number of nitrogens with zero attached hydrogens (tertiary/aromatic N) is 4. The van der Waals surface area contributed by atoms with Crippen molar-refractivity contribution in [1.82, 2.24) is 25.2 Å². The Balaban J connectivity index is 1.70. The third-order valence-electron chi connectivity index (χ3n) is 6.01. The quantitative estimate of drug-likeness (QED) is 0.556. The number of hydrogen-bond donors (Lipinski definition) is 1. The Morgan fingerprint density at radius 3 is 2.56 bits per heavy atom. The summed E-state index contributed by atoms with van der Waals surface area (Å²) < 4.78 is 1.59. The molecule has 7 nitrogen and oxygen atoms in total. The maximum absolute atomic E-state index is 13.6. The van der Waals surface area contributed by atoms with Crippen LogP contribution in [0.3, 0.4) is 0 Å². The summed E-state index contributed by atoms with van der Waals surface area (Å²) in [5, 5.41) is 11.9. The highest BCUT2D eigenvalue weighted by Gasteiger charge is 2.43. The second kappa shape index (κ2) is 8.90. The van der Waals surface area contributed by atoms with Gasteiger partial charge in [-0.1, -0.05) is 54.1 Å². The van der Waals surface area contributed by atoms with E-state index in [0.29, 0.717) is 10.6 Å². The van der Waals surface area contributed by atoms with E-state index in [1.165, 1.54) is 0 Å². The molecule has 0 spiro atoms. The fourth-order valence-electron chi connectivity index (χ4n) is 3.76. The van der Waals surface area contributed by atoms with Gasteiger partial charge in [0.1, 0.15) is 18.1 Å². The van der Waals surface area contributed by atoms with Gasteiger partial charge >= 0.3 is 0 Å². The molecule has 1 aliphatic rings. The Kier molecular flexibility index (Phi) is 6.20. The smallest absolute Gasteiger partial charge is 0.247 e. The lowest BCUT2D eigenvalue weighted by Gasteiger charge is -2.35. The number of amides is 2. The van der Waals surface area contributed by atoms with Gasteiger partial charge in [0.25, 0.3) is 0 Å². The van der Waals surface area contributed by atoms with Gasteiger partial charge in [0.2, 0.25) is 11.8 Å². The molecular weight excluding hydrogens is 426 g/mol. The molecular formula is C24H28ClN5O2. The van der Waals surface area contributed by atoms with E-state index in [1.807, 2.05) is 63.2 Å². The third kappa shape index (κ3) is 4.63. The lowest BCUT2D eigenvalue weighted by Crippen LogP contribution is -2.51. The summed E-state index contributed by atoms with van der Waals surface area (Å²) in [7, 11) is 0. The molecule has 3 aromatic rings. The molecule has 1 N–H and O–H groups in total. The highest BCUT2D eigenvalue weighted by atomic mass is 35.5. The minimum absolute atomic E-state index is 0.00240. The zero-order valence-electron chi connectivity index (χ0n) is 18.6. The summed E-state index contributed by atoms with van der Waals surface area (Å²) in [6.45, 7) is 5.96. The molecule has 1 aromatic heterocycles. The van der Waals surface area contributed by atoms with Crippen LogP contribution in [0.15, 0.2) is 48.5 Å². The molecule has 1 saturated carbocycles. The summed E-state index contributed by atoms with van der Waals surface area (Å²) in [5.41, 5.74) is 1.73. The number of carbonyl (C=O) groups is 2. The summed E-state index contributed by atoms with van der Waals surface area (Å²) in [4.78, 5) is 28.9. The van der Waals surface area contributed by atoms with Gasteiger partial charge < -0.3 is 10.2 Å². The van der Waals surface area contributed by atoms with Crippen LogP contribution in [0.1, 0.15) is 51.6 Å². The van der Waals surface area contributed by atoms with E-state index in [9.17, 15) is 9.59 Å². The Bertz CT molecular complexity index is 1140. The number of benzene rings is 2. The molecule has 32 heavy (non-hydrogen) atoms. The molecule has 0 saturated heterocycles. The molecule has 1 atom stereocenters. The normalized spacial score (nSPS) is 14.9. The van der Waals surface area contributed by atoms with E-state index < -0.39 is 11.6 Å². The van der Waals surface area contributed by atoms with Crippen LogP contribution in [-0.2, 0) is 16.1 Å². The SMILES string of the molecule is CCC(C)(C)NC(=O)[C@@H](c1ccccc1Cl)N(C(=O)Cn1nnc2ccccc21)C1CC1. The van der Waals surface area contributed by atoms with E-state index in [2.05, 4.69) is 15.6 Å². The number of carbonyl (C=O) groups excluding carboxylic acids is 2. The van der Waals surface area contributed by atoms with Gasteiger partial charge in [0.15, 0.2) is 0 Å². The van der Waals surface area contributed by atoms with Crippen molar-refractivity contribution in [3.63, 3.8) is 0 Å². The van der Waals surface area contributed by atoms with E-state index in [-0.39, 0.29) is 24.4 Å². The van der Waals surface area contributed by atoms with Crippen LogP contribution in [0.25, 0.3) is 11.0 Å². The van der Waals surface area contributed by atoms with Crippen LogP contribution in [-0.4, -0.2) is 43.3 Å². The van der Waals surface area contributed by atoms with Crippen LogP contribution in [0.5, 0.6) is 0 Å². The second-order valence-corrected chi connectivity index (χ2v) is 9.33. The minimum Gasteiger partial charge on any atom is -0.349 e. The number of fused-ring (bicyclic) bond motifs is 1. The Morgan fingerprint density at radius 1 is 1.19 bits per heavy atom.